The molecule has 2 aromatic heterocycles. The monoisotopic (exact) mass is 301 g/mol. The molecule has 8 heteroatoms. The molecule has 3 rings (SSSR count). The van der Waals surface area contributed by atoms with Gasteiger partial charge in [0.1, 0.15) is 0 Å². The van der Waals surface area contributed by atoms with Gasteiger partial charge in [0.25, 0.3) is 5.56 Å². The number of H-pyrrole nitrogens is 2. The molecule has 0 radical (unpaired) electrons. The average molecular weight is 301 g/mol. The summed E-state index contributed by atoms with van der Waals surface area (Å²) < 4.78 is 0.190. The highest BCUT2D eigenvalue weighted by molar-refractivity contribution is 7.71. The Morgan fingerprint density at radius 1 is 1.24 bits per heavy atom. The lowest BCUT2D eigenvalue weighted by Gasteiger charge is -2.08. The second-order valence-corrected chi connectivity index (χ2v) is 5.07. The number of benzene rings is 1. The van der Waals surface area contributed by atoms with E-state index in [1.54, 1.807) is 12.1 Å². The van der Waals surface area contributed by atoms with Crippen LogP contribution in [0.4, 0.5) is 5.69 Å². The van der Waals surface area contributed by atoms with E-state index in [1.165, 1.54) is 6.92 Å². The molecule has 1 aromatic carbocycles. The Morgan fingerprint density at radius 2 is 1.95 bits per heavy atom. The van der Waals surface area contributed by atoms with Crippen LogP contribution in [-0.2, 0) is 4.79 Å². The first kappa shape index (κ1) is 13.4. The fourth-order valence-corrected chi connectivity index (χ4v) is 2.27. The summed E-state index contributed by atoms with van der Waals surface area (Å²) >= 11 is 4.92. The third-order valence-electron chi connectivity index (χ3n) is 3.00. The van der Waals surface area contributed by atoms with Gasteiger partial charge in [0.15, 0.2) is 15.9 Å². The van der Waals surface area contributed by atoms with Crippen molar-refractivity contribution in [1.29, 1.82) is 0 Å². The molecule has 2 heterocycles. The Kier molecular flexibility index (Phi) is 3.02. The third-order valence-corrected chi connectivity index (χ3v) is 3.20. The van der Waals surface area contributed by atoms with Crippen molar-refractivity contribution in [3.8, 4) is 0 Å². The molecule has 3 N–H and O–H groups in total. The van der Waals surface area contributed by atoms with Gasteiger partial charge in [-0.15, -0.1) is 0 Å². The van der Waals surface area contributed by atoms with Crippen molar-refractivity contribution in [3.63, 3.8) is 0 Å². The van der Waals surface area contributed by atoms with Crippen molar-refractivity contribution in [1.82, 2.24) is 19.9 Å². The highest BCUT2D eigenvalue weighted by atomic mass is 32.1. The normalized spacial score (nSPS) is 11.0. The summed E-state index contributed by atoms with van der Waals surface area (Å²) in [7, 11) is 0. The largest absolute Gasteiger partial charge is 0.326 e. The van der Waals surface area contributed by atoms with Crippen LogP contribution in [0.2, 0.25) is 0 Å². The van der Waals surface area contributed by atoms with Gasteiger partial charge in [-0.05, 0) is 36.8 Å². The highest BCUT2D eigenvalue weighted by Crippen LogP contribution is 2.22. The standard InChI is InChI=1S/C13H11N5O2S/c1-5-3-8-9(4-7(5)14-6(2)19)16-11-10(15-8)12(20)18-13(21)17-11/h3-4H,1-2H3,(H,14,19)(H2,16,17,18,20,21). The Labute approximate surface area is 123 Å². The van der Waals surface area contributed by atoms with Crippen molar-refractivity contribution in [2.45, 2.75) is 13.8 Å². The lowest BCUT2D eigenvalue weighted by atomic mass is 10.1. The molecule has 0 aliphatic rings. The molecule has 0 spiro atoms. The molecule has 3 aromatic rings. The molecule has 0 unspecified atom stereocenters. The molecular formula is C13H11N5O2S. The number of nitrogens with zero attached hydrogens (tertiary/aromatic N) is 2. The SMILES string of the molecule is CC(=O)Nc1cc2nc3[nH]c(=S)[nH]c(=O)c3nc2cc1C. The number of fused-ring (bicyclic) bond motifs is 2. The van der Waals surface area contributed by atoms with Crippen molar-refractivity contribution in [2.75, 3.05) is 5.32 Å². The number of amides is 1. The van der Waals surface area contributed by atoms with Gasteiger partial charge in [0, 0.05) is 12.6 Å². The molecule has 7 nitrogen and oxygen atoms in total. The van der Waals surface area contributed by atoms with Gasteiger partial charge in [-0.2, -0.15) is 0 Å². The first-order chi connectivity index (χ1) is 9.94. The van der Waals surface area contributed by atoms with Crippen molar-refractivity contribution < 1.29 is 4.79 Å². The Morgan fingerprint density at radius 3 is 2.67 bits per heavy atom. The summed E-state index contributed by atoms with van der Waals surface area (Å²) in [6.07, 6.45) is 0. The molecule has 106 valence electrons. The van der Waals surface area contributed by atoms with Crippen LogP contribution in [0, 0.1) is 11.7 Å². The molecule has 0 aliphatic carbocycles. The zero-order chi connectivity index (χ0) is 15.1. The number of carbonyl (C=O) groups is 1. The number of aromatic amines is 2. The predicted octanol–water partition coefficient (Wildman–Crippen LogP) is 1.80. The van der Waals surface area contributed by atoms with Crippen LogP contribution in [0.1, 0.15) is 12.5 Å². The number of carbonyl (C=O) groups excluding carboxylic acids is 1. The summed E-state index contributed by atoms with van der Waals surface area (Å²) in [5.41, 5.74) is 2.76. The van der Waals surface area contributed by atoms with E-state index in [0.29, 0.717) is 22.4 Å². The number of hydrogen-bond donors (Lipinski definition) is 3. The van der Waals surface area contributed by atoms with E-state index in [4.69, 9.17) is 12.2 Å². The summed E-state index contributed by atoms with van der Waals surface area (Å²) in [6, 6.07) is 3.49. The summed E-state index contributed by atoms with van der Waals surface area (Å²) in [5, 5.41) is 2.73. The van der Waals surface area contributed by atoms with Crippen LogP contribution in [0.25, 0.3) is 22.2 Å². The van der Waals surface area contributed by atoms with Crippen molar-refractivity contribution in [3.05, 3.63) is 32.8 Å². The first-order valence-corrected chi connectivity index (χ1v) is 6.57. The quantitative estimate of drug-likeness (QED) is 0.469. The van der Waals surface area contributed by atoms with Crippen LogP contribution in [0.15, 0.2) is 16.9 Å². The lowest BCUT2D eigenvalue weighted by molar-refractivity contribution is -0.114. The molecule has 1 amide bonds. The number of rotatable bonds is 1. The molecule has 21 heavy (non-hydrogen) atoms. The highest BCUT2D eigenvalue weighted by Gasteiger charge is 2.09. The number of aryl methyl sites for hydroxylation is 1. The topological polar surface area (TPSA) is 104 Å². The minimum Gasteiger partial charge on any atom is -0.326 e. The van der Waals surface area contributed by atoms with E-state index in [0.717, 1.165) is 5.56 Å². The second kappa shape index (κ2) is 4.74. The maximum Gasteiger partial charge on any atom is 0.279 e. The predicted molar refractivity (Wildman–Crippen MR) is 81.9 cm³/mol. The summed E-state index contributed by atoms with van der Waals surface area (Å²) in [6.45, 7) is 3.28. The van der Waals surface area contributed by atoms with Gasteiger partial charge < -0.3 is 10.3 Å². The van der Waals surface area contributed by atoms with Crippen LogP contribution in [0.5, 0.6) is 0 Å². The van der Waals surface area contributed by atoms with E-state index in [-0.39, 0.29) is 21.8 Å². The maximum atomic E-state index is 11.8. The number of anilines is 1. The molecule has 0 atom stereocenters. The smallest absolute Gasteiger partial charge is 0.279 e. The van der Waals surface area contributed by atoms with E-state index in [2.05, 4.69) is 25.3 Å². The van der Waals surface area contributed by atoms with E-state index >= 15 is 0 Å². The van der Waals surface area contributed by atoms with Crippen LogP contribution in [0.3, 0.4) is 0 Å². The Bertz CT molecular complexity index is 1010. The molecule has 0 aliphatic heterocycles. The molecule has 0 saturated carbocycles. The van der Waals surface area contributed by atoms with Crippen molar-refractivity contribution in [2.24, 2.45) is 0 Å². The number of nitrogens with one attached hydrogen (secondary N) is 3. The molecule has 0 bridgehead atoms. The zero-order valence-electron chi connectivity index (χ0n) is 11.3. The third kappa shape index (κ3) is 2.40. The van der Waals surface area contributed by atoms with Gasteiger partial charge in [-0.1, -0.05) is 0 Å². The Hall–Kier alpha value is -2.61. The Balaban J connectivity index is 2.35. The second-order valence-electron chi connectivity index (χ2n) is 4.67. The first-order valence-electron chi connectivity index (χ1n) is 6.16. The van der Waals surface area contributed by atoms with Gasteiger partial charge >= 0.3 is 0 Å². The lowest BCUT2D eigenvalue weighted by Crippen LogP contribution is -2.11. The molecular weight excluding hydrogens is 290 g/mol. The molecule has 0 fully saturated rings. The summed E-state index contributed by atoms with van der Waals surface area (Å²) in [4.78, 5) is 37.0. The van der Waals surface area contributed by atoms with E-state index in [1.807, 2.05) is 6.92 Å². The number of hydrogen-bond acceptors (Lipinski definition) is 5. The van der Waals surface area contributed by atoms with Crippen LogP contribution >= 0.6 is 12.2 Å². The summed E-state index contributed by atoms with van der Waals surface area (Å²) in [5.74, 6) is -0.165. The van der Waals surface area contributed by atoms with Crippen LogP contribution in [-0.4, -0.2) is 25.8 Å². The van der Waals surface area contributed by atoms with Crippen molar-refractivity contribution >= 4 is 46.0 Å². The minimum atomic E-state index is -0.383. The van der Waals surface area contributed by atoms with Gasteiger partial charge in [0.05, 0.1) is 11.0 Å². The van der Waals surface area contributed by atoms with Gasteiger partial charge in [-0.25, -0.2) is 9.97 Å². The maximum absolute atomic E-state index is 11.8. The fraction of sp³-hybridized carbons (Fsp3) is 0.154. The zero-order valence-corrected chi connectivity index (χ0v) is 12.1. The van der Waals surface area contributed by atoms with E-state index < -0.39 is 0 Å². The van der Waals surface area contributed by atoms with Gasteiger partial charge in [-0.3, -0.25) is 14.6 Å². The van der Waals surface area contributed by atoms with Crippen LogP contribution < -0.4 is 10.9 Å². The average Bonchev–Trinajstić information content (AvgIpc) is 2.37. The number of aromatic nitrogens is 4. The fourth-order valence-electron chi connectivity index (χ4n) is 2.08. The minimum absolute atomic E-state index is 0.165. The van der Waals surface area contributed by atoms with E-state index in [9.17, 15) is 9.59 Å². The van der Waals surface area contributed by atoms with Gasteiger partial charge in [0.2, 0.25) is 5.91 Å². The molecule has 0 saturated heterocycles.